The molecule has 1 aromatic carbocycles. The zero-order valence-electron chi connectivity index (χ0n) is 8.68. The Morgan fingerprint density at radius 1 is 1.38 bits per heavy atom. The highest BCUT2D eigenvalue weighted by atomic mass is 79.9. The molecule has 2 nitrogen and oxygen atoms in total. The summed E-state index contributed by atoms with van der Waals surface area (Å²) in [4.78, 5) is 0.899. The van der Waals surface area contributed by atoms with E-state index < -0.39 is 6.10 Å². The Labute approximate surface area is 107 Å². The summed E-state index contributed by atoms with van der Waals surface area (Å²) < 4.78 is 6.22. The molecule has 1 atom stereocenters. The maximum absolute atomic E-state index is 10.2. The van der Waals surface area contributed by atoms with E-state index in [0.29, 0.717) is 5.75 Å². The van der Waals surface area contributed by atoms with Crippen LogP contribution in [0.15, 0.2) is 40.2 Å². The van der Waals surface area contributed by atoms with Gasteiger partial charge in [0.15, 0.2) is 0 Å². The third-order valence-electron chi connectivity index (χ3n) is 2.29. The standard InChI is InChI=1S/C12H11BrO2S/c1-15-10-5-3-2-4-9(10)12(14)11-6-8(13)7-16-11/h2-7,12,14H,1H3. The molecule has 84 valence electrons. The largest absolute Gasteiger partial charge is 0.496 e. The van der Waals surface area contributed by atoms with Crippen LogP contribution in [-0.4, -0.2) is 12.2 Å². The van der Waals surface area contributed by atoms with E-state index in [9.17, 15) is 5.11 Å². The summed E-state index contributed by atoms with van der Waals surface area (Å²) in [7, 11) is 1.61. The van der Waals surface area contributed by atoms with Crippen molar-refractivity contribution in [1.29, 1.82) is 0 Å². The summed E-state index contributed by atoms with van der Waals surface area (Å²) in [5.41, 5.74) is 0.791. The molecule has 0 bridgehead atoms. The number of para-hydroxylation sites is 1. The van der Waals surface area contributed by atoms with Crippen LogP contribution in [0.25, 0.3) is 0 Å². The minimum atomic E-state index is -0.632. The van der Waals surface area contributed by atoms with Crippen molar-refractivity contribution in [2.45, 2.75) is 6.10 Å². The first-order chi connectivity index (χ1) is 7.72. The first-order valence-corrected chi connectivity index (χ1v) is 6.44. The van der Waals surface area contributed by atoms with E-state index in [1.165, 1.54) is 11.3 Å². The van der Waals surface area contributed by atoms with Gasteiger partial charge >= 0.3 is 0 Å². The summed E-state index contributed by atoms with van der Waals surface area (Å²) in [6, 6.07) is 9.42. The van der Waals surface area contributed by atoms with Crippen LogP contribution >= 0.6 is 27.3 Å². The van der Waals surface area contributed by atoms with E-state index in [4.69, 9.17) is 4.74 Å². The second-order valence-electron chi connectivity index (χ2n) is 3.31. The molecule has 0 radical (unpaired) electrons. The van der Waals surface area contributed by atoms with Gasteiger partial charge in [-0.3, -0.25) is 0 Å². The van der Waals surface area contributed by atoms with Gasteiger partial charge in [-0.05, 0) is 28.1 Å². The molecular formula is C12H11BrO2S. The zero-order valence-corrected chi connectivity index (χ0v) is 11.1. The zero-order chi connectivity index (χ0) is 11.5. The summed E-state index contributed by atoms with van der Waals surface area (Å²) in [5, 5.41) is 12.2. The highest BCUT2D eigenvalue weighted by Crippen LogP contribution is 2.34. The number of thiophene rings is 1. The molecule has 0 saturated carbocycles. The topological polar surface area (TPSA) is 29.5 Å². The van der Waals surface area contributed by atoms with Crippen LogP contribution in [-0.2, 0) is 0 Å². The summed E-state index contributed by atoms with van der Waals surface area (Å²) >= 11 is 4.90. The Morgan fingerprint density at radius 3 is 2.75 bits per heavy atom. The van der Waals surface area contributed by atoms with Crippen molar-refractivity contribution in [1.82, 2.24) is 0 Å². The number of halogens is 1. The van der Waals surface area contributed by atoms with Crippen molar-refractivity contribution in [2.24, 2.45) is 0 Å². The third kappa shape index (κ3) is 2.29. The predicted octanol–water partition coefficient (Wildman–Crippen LogP) is 3.60. The quantitative estimate of drug-likeness (QED) is 0.938. The van der Waals surface area contributed by atoms with Crippen molar-refractivity contribution in [3.05, 3.63) is 50.6 Å². The fraction of sp³-hybridized carbons (Fsp3) is 0.167. The third-order valence-corrected chi connectivity index (χ3v) is 4.04. The molecule has 0 aliphatic heterocycles. The average molecular weight is 299 g/mol. The Hall–Kier alpha value is -0.840. The van der Waals surface area contributed by atoms with Crippen molar-refractivity contribution in [2.75, 3.05) is 7.11 Å². The fourth-order valence-electron chi connectivity index (χ4n) is 1.52. The second-order valence-corrected chi connectivity index (χ2v) is 5.17. The molecule has 1 aromatic heterocycles. The fourth-order valence-corrected chi connectivity index (χ4v) is 2.96. The summed E-state index contributed by atoms with van der Waals surface area (Å²) in [5.74, 6) is 0.708. The van der Waals surface area contributed by atoms with Crippen molar-refractivity contribution >= 4 is 27.3 Å². The Bertz CT molecular complexity index is 481. The van der Waals surface area contributed by atoms with E-state index in [1.54, 1.807) is 7.11 Å². The highest BCUT2D eigenvalue weighted by molar-refractivity contribution is 9.10. The molecule has 2 rings (SSSR count). The molecule has 0 saturated heterocycles. The van der Waals surface area contributed by atoms with Crippen LogP contribution in [0, 0.1) is 0 Å². The molecule has 0 fully saturated rings. The van der Waals surface area contributed by atoms with Gasteiger partial charge in [0.25, 0.3) is 0 Å². The average Bonchev–Trinajstić information content (AvgIpc) is 2.75. The number of methoxy groups -OCH3 is 1. The number of benzene rings is 1. The van der Waals surface area contributed by atoms with Crippen LogP contribution in [0.5, 0.6) is 5.75 Å². The number of ether oxygens (including phenoxy) is 1. The molecule has 1 N–H and O–H groups in total. The summed E-state index contributed by atoms with van der Waals surface area (Å²) in [6.07, 6.45) is -0.632. The number of rotatable bonds is 3. The highest BCUT2D eigenvalue weighted by Gasteiger charge is 2.16. The first kappa shape index (κ1) is 11.6. The monoisotopic (exact) mass is 298 g/mol. The van der Waals surface area contributed by atoms with Crippen molar-refractivity contribution < 1.29 is 9.84 Å². The molecule has 4 heteroatoms. The van der Waals surface area contributed by atoms with E-state index in [2.05, 4.69) is 15.9 Å². The molecule has 0 amide bonds. The smallest absolute Gasteiger partial charge is 0.125 e. The van der Waals surface area contributed by atoms with Gasteiger partial charge in [-0.2, -0.15) is 0 Å². The number of aliphatic hydroxyl groups is 1. The summed E-state index contributed by atoms with van der Waals surface area (Å²) in [6.45, 7) is 0. The van der Waals surface area contributed by atoms with Crippen LogP contribution in [0.2, 0.25) is 0 Å². The molecule has 1 heterocycles. The van der Waals surface area contributed by atoms with E-state index in [0.717, 1.165) is 14.9 Å². The van der Waals surface area contributed by atoms with Gasteiger partial charge in [-0.25, -0.2) is 0 Å². The van der Waals surface area contributed by atoms with Gasteiger partial charge < -0.3 is 9.84 Å². The van der Waals surface area contributed by atoms with Gasteiger partial charge in [0.2, 0.25) is 0 Å². The van der Waals surface area contributed by atoms with E-state index in [1.807, 2.05) is 35.7 Å². The lowest BCUT2D eigenvalue weighted by molar-refractivity contribution is 0.218. The number of hydrogen-bond acceptors (Lipinski definition) is 3. The van der Waals surface area contributed by atoms with Crippen LogP contribution in [0.1, 0.15) is 16.5 Å². The molecule has 1 unspecified atom stereocenters. The molecule has 0 spiro atoms. The second kappa shape index (κ2) is 4.99. The lowest BCUT2D eigenvalue weighted by atomic mass is 10.1. The number of hydrogen-bond donors (Lipinski definition) is 1. The SMILES string of the molecule is COc1ccccc1C(O)c1cc(Br)cs1. The van der Waals surface area contributed by atoms with Crippen LogP contribution in [0.3, 0.4) is 0 Å². The molecule has 16 heavy (non-hydrogen) atoms. The molecular weight excluding hydrogens is 288 g/mol. The maximum atomic E-state index is 10.2. The first-order valence-electron chi connectivity index (χ1n) is 4.77. The van der Waals surface area contributed by atoms with Gasteiger partial charge in [0.1, 0.15) is 11.9 Å². The normalized spacial score (nSPS) is 12.4. The molecule has 0 aliphatic carbocycles. The molecule has 0 aliphatic rings. The predicted molar refractivity (Wildman–Crippen MR) is 69.1 cm³/mol. The minimum Gasteiger partial charge on any atom is -0.496 e. The van der Waals surface area contributed by atoms with Gasteiger partial charge in [-0.1, -0.05) is 18.2 Å². The van der Waals surface area contributed by atoms with Crippen molar-refractivity contribution in [3.63, 3.8) is 0 Å². The van der Waals surface area contributed by atoms with Crippen molar-refractivity contribution in [3.8, 4) is 5.75 Å². The van der Waals surface area contributed by atoms with Crippen LogP contribution < -0.4 is 4.74 Å². The lowest BCUT2D eigenvalue weighted by Crippen LogP contribution is -2.00. The molecule has 2 aromatic rings. The van der Waals surface area contributed by atoms with Gasteiger partial charge in [0, 0.05) is 20.3 Å². The van der Waals surface area contributed by atoms with E-state index >= 15 is 0 Å². The Kier molecular flexibility index (Phi) is 3.63. The number of aliphatic hydroxyl groups excluding tert-OH is 1. The Balaban J connectivity index is 2.36. The Morgan fingerprint density at radius 2 is 2.12 bits per heavy atom. The maximum Gasteiger partial charge on any atom is 0.125 e. The lowest BCUT2D eigenvalue weighted by Gasteiger charge is -2.12. The van der Waals surface area contributed by atoms with Gasteiger partial charge in [0.05, 0.1) is 7.11 Å². The van der Waals surface area contributed by atoms with Gasteiger partial charge in [-0.15, -0.1) is 11.3 Å². The van der Waals surface area contributed by atoms with Crippen LogP contribution in [0.4, 0.5) is 0 Å². The van der Waals surface area contributed by atoms with E-state index in [-0.39, 0.29) is 0 Å². The minimum absolute atomic E-state index is 0.632.